The molecule has 0 rings (SSSR count). The van der Waals surface area contributed by atoms with Gasteiger partial charge in [0.25, 0.3) is 0 Å². The molecular formula is CNPS. The van der Waals surface area contributed by atoms with Crippen molar-refractivity contribution in [2.45, 2.75) is 0 Å². The smallest absolute Gasteiger partial charge is 0 e. The van der Waals surface area contributed by atoms with Crippen molar-refractivity contribution in [1.29, 1.82) is 0 Å². The van der Waals surface area contributed by atoms with Gasteiger partial charge in [-0.15, -0.1) is 0 Å². The average molecular weight is 89.1 g/mol. The van der Waals surface area contributed by atoms with Gasteiger partial charge in [-0.3, -0.25) is 0 Å². The Balaban J connectivity index is 0. The molecule has 0 heterocycles. The van der Waals surface area contributed by atoms with Crippen LogP contribution in [-0.4, -0.2) is 0 Å². The Labute approximate surface area is 37.8 Å². The van der Waals surface area contributed by atoms with E-state index in [1.165, 1.54) is 0 Å². The Kier molecular flexibility index (Phi) is 1550. The maximum absolute atomic E-state index is 0. The number of nitrogens with zero attached hydrogens (tertiary/aromatic N) is 1. The molecule has 0 aromatic carbocycles. The quantitative estimate of drug-likeness (QED) is 0.398. The fourth-order valence-corrected chi connectivity index (χ4v) is 0. The van der Waals surface area contributed by atoms with Crippen LogP contribution in [0.25, 0.3) is 0 Å². The van der Waals surface area contributed by atoms with E-state index in [9.17, 15) is 0 Å². The van der Waals surface area contributed by atoms with E-state index in [0.29, 0.717) is 0 Å². The molecule has 0 aromatic rings. The third kappa shape index (κ3) is 15.1. The molecule has 0 spiro atoms. The third-order valence-electron chi connectivity index (χ3n) is 0. The van der Waals surface area contributed by atoms with Crippen molar-refractivity contribution in [3.63, 3.8) is 0 Å². The molecular weight excluding hydrogens is 89.1 g/mol. The van der Waals surface area contributed by atoms with Crippen LogP contribution in [0.3, 0.4) is 0 Å². The summed E-state index contributed by atoms with van der Waals surface area (Å²) in [5.41, 5.74) is 0. The van der Waals surface area contributed by atoms with E-state index in [4.69, 9.17) is 0 Å². The highest BCUT2D eigenvalue weighted by Gasteiger charge is 0.00300. The molecule has 0 fully saturated rings. The summed E-state index contributed by atoms with van der Waals surface area (Å²) in [4.78, 5) is 0. The Morgan fingerprint density at radius 1 is 1.00 bits per heavy atom. The Hall–Kier alpha value is 0.740. The van der Waals surface area contributed by atoms with Gasteiger partial charge in [-0.25, -0.2) is 0 Å². The Morgan fingerprint density at radius 2 is 1.00 bits per heavy atom. The van der Waals surface area contributed by atoms with E-state index in [-0.39, 0.29) is 37.0 Å². The summed E-state index contributed by atoms with van der Waals surface area (Å²) < 4.78 is 0. The summed E-state index contributed by atoms with van der Waals surface area (Å²) in [5.74, 6) is 0. The van der Waals surface area contributed by atoms with Gasteiger partial charge >= 0.3 is 0 Å². The van der Waals surface area contributed by atoms with Gasteiger partial charge in [-0.2, -0.15) is 0 Å². The molecule has 20 valence electrons. The van der Waals surface area contributed by atoms with E-state index in [1.54, 1.807) is 0 Å². The monoisotopic (exact) mass is 88.9 g/mol. The normalized spacial score (nSPS) is 0. The minimum atomic E-state index is 0. The van der Waals surface area contributed by atoms with Gasteiger partial charge in [-0.1, -0.05) is 0 Å². The van der Waals surface area contributed by atoms with Crippen LogP contribution in [0.2, 0.25) is 0 Å². The van der Waals surface area contributed by atoms with Crippen molar-refractivity contribution in [1.82, 2.24) is 6.15 Å². The third-order valence-corrected chi connectivity index (χ3v) is 0. The number of hydrogen-bond acceptors (Lipinski definition) is 0. The van der Waals surface area contributed by atoms with Crippen molar-refractivity contribution < 1.29 is 0 Å². The Morgan fingerprint density at radius 3 is 1.00 bits per heavy atom. The van der Waals surface area contributed by atoms with Crippen LogP contribution in [-0.2, 0) is 0 Å². The van der Waals surface area contributed by atoms with E-state index < -0.39 is 0 Å². The average Bonchev–Trinajstić information content (AvgIpc) is 0. The van der Waals surface area contributed by atoms with Crippen molar-refractivity contribution in [2.24, 2.45) is 0 Å². The summed E-state index contributed by atoms with van der Waals surface area (Å²) >= 11 is 0. The van der Waals surface area contributed by atoms with E-state index in [1.807, 2.05) is 0 Å². The summed E-state index contributed by atoms with van der Waals surface area (Å²) in [6.07, 6.45) is 0. The first kappa shape index (κ1) is 121. The maximum atomic E-state index is 0. The summed E-state index contributed by atoms with van der Waals surface area (Å²) in [7, 11) is 0. The fourth-order valence-electron chi connectivity index (χ4n) is 0. The van der Waals surface area contributed by atoms with E-state index in [0.717, 1.165) is 0 Å². The van der Waals surface area contributed by atoms with Crippen LogP contribution >= 0.6 is 23.4 Å². The Bertz CT molecular complexity index is 8.00. The van der Waals surface area contributed by atoms with Crippen LogP contribution < -0.4 is 6.15 Å². The second-order valence-electron chi connectivity index (χ2n) is 0. The molecule has 0 unspecified atom stereocenters. The number of rotatable bonds is 0. The van der Waals surface area contributed by atoms with Gasteiger partial charge in [-0.05, 0) is 0 Å². The highest BCUT2D eigenvalue weighted by atomic mass is 32.1. The summed E-state index contributed by atoms with van der Waals surface area (Å²) in [5, 5.41) is 0. The SMILES string of the molecule is [C].[N].[P].[S]. The largest absolute Gasteiger partial charge is 0 e. The van der Waals surface area contributed by atoms with Gasteiger partial charge in [0.2, 0.25) is 0 Å². The molecule has 4 heavy (non-hydrogen) atoms. The molecule has 0 aliphatic rings. The lowest BCUT2D eigenvalue weighted by Gasteiger charge is -0.00100. The molecule has 3 heteroatoms. The van der Waals surface area contributed by atoms with Crippen molar-refractivity contribution >= 4 is 23.4 Å². The molecule has 0 bridgehead atoms. The zero-order valence-electron chi connectivity index (χ0n) is 1.80. The highest BCUT2D eigenvalue weighted by Crippen LogP contribution is 0.861. The molecule has 0 amide bonds. The van der Waals surface area contributed by atoms with Crippen molar-refractivity contribution in [3.8, 4) is 0 Å². The summed E-state index contributed by atoms with van der Waals surface area (Å²) in [6, 6.07) is 0. The number of hydrogen-bond donors (Lipinski definition) is 0. The molecule has 0 atom stereocenters. The van der Waals surface area contributed by atoms with Gasteiger partial charge in [0.1, 0.15) is 0 Å². The van der Waals surface area contributed by atoms with Crippen LogP contribution in [0.5, 0.6) is 0 Å². The second-order valence-corrected chi connectivity index (χ2v) is 0. The zero-order chi connectivity index (χ0) is 0. The first-order valence-electron chi connectivity index (χ1n) is 0. The maximum Gasteiger partial charge on any atom is 0 e. The molecule has 0 aliphatic heterocycles. The van der Waals surface area contributed by atoms with Crippen LogP contribution in [0.1, 0.15) is 0 Å². The van der Waals surface area contributed by atoms with Crippen LogP contribution in [0.15, 0.2) is 0 Å². The van der Waals surface area contributed by atoms with Gasteiger partial charge < -0.3 is 0 Å². The van der Waals surface area contributed by atoms with Gasteiger partial charge in [0, 0.05) is 37.0 Å². The summed E-state index contributed by atoms with van der Waals surface area (Å²) in [6.45, 7) is 0. The van der Waals surface area contributed by atoms with Gasteiger partial charge in [0.05, 0.1) is 0 Å². The lowest BCUT2D eigenvalue weighted by atomic mass is 12.0. The first-order valence-corrected chi connectivity index (χ1v) is 0. The molecule has 0 aliphatic carbocycles. The highest BCUT2D eigenvalue weighted by molar-refractivity contribution is 7.59. The molecule has 0 saturated heterocycles. The lowest BCUT2D eigenvalue weighted by Crippen LogP contribution is -0.481. The standard InChI is InChI=1S/C.N.P.S. The van der Waals surface area contributed by atoms with Crippen LogP contribution in [0, 0.1) is 7.43 Å². The minimum absolute atomic E-state index is 0. The predicted molar refractivity (Wildman–Crippen MR) is 19.9 cm³/mol. The van der Waals surface area contributed by atoms with Gasteiger partial charge in [0.15, 0.2) is 0 Å². The van der Waals surface area contributed by atoms with Crippen LogP contribution in [0.4, 0.5) is 0 Å². The molecule has 0 N–H and O–H groups in total. The van der Waals surface area contributed by atoms with E-state index in [2.05, 4.69) is 0 Å². The molecule has 0 aromatic heterocycles. The van der Waals surface area contributed by atoms with Crippen molar-refractivity contribution in [2.75, 3.05) is 0 Å². The first-order chi connectivity index (χ1) is 0. The molecule has 12 radical (unpaired) electrons. The lowest BCUT2D eigenvalue weighted by molar-refractivity contribution is 2.13. The van der Waals surface area contributed by atoms with E-state index >= 15 is 0 Å². The fraction of sp³-hybridized carbons (Fsp3) is 0. The van der Waals surface area contributed by atoms with Crippen molar-refractivity contribution in [3.05, 3.63) is 7.43 Å². The molecule has 1 nitrogen and oxygen atoms in total. The second kappa shape index (κ2) is 51.3. The zero-order valence-corrected chi connectivity index (χ0v) is 3.51. The predicted octanol–water partition coefficient (Wildman–Crippen LogP) is 1.11. The topological polar surface area (TPSA) is 30.5 Å². The minimum Gasteiger partial charge on any atom is 0 e. The molecule has 0 saturated carbocycles.